The van der Waals surface area contributed by atoms with Gasteiger partial charge in [-0.15, -0.1) is 0 Å². The molecule has 6 heteroatoms. The van der Waals surface area contributed by atoms with Gasteiger partial charge in [0.25, 0.3) is 0 Å². The van der Waals surface area contributed by atoms with Crippen LogP contribution in [-0.4, -0.2) is 48.6 Å². The molecule has 1 aromatic heterocycles. The van der Waals surface area contributed by atoms with Crippen molar-refractivity contribution in [2.24, 2.45) is 18.0 Å². The van der Waals surface area contributed by atoms with Gasteiger partial charge in [0, 0.05) is 39.0 Å². The number of hydrogen-bond donors (Lipinski definition) is 2. The van der Waals surface area contributed by atoms with E-state index < -0.39 is 0 Å². The van der Waals surface area contributed by atoms with Crippen LogP contribution in [0.15, 0.2) is 4.99 Å². The molecule has 0 saturated carbocycles. The Balaban J connectivity index is 2.40. The molecule has 132 valence electrons. The van der Waals surface area contributed by atoms with Crippen LogP contribution in [0.1, 0.15) is 37.7 Å². The predicted octanol–water partition coefficient (Wildman–Crippen LogP) is 1.81. The van der Waals surface area contributed by atoms with E-state index >= 15 is 0 Å². The number of rotatable bonds is 8. The van der Waals surface area contributed by atoms with E-state index in [-0.39, 0.29) is 6.04 Å². The van der Waals surface area contributed by atoms with Gasteiger partial charge in [0.2, 0.25) is 0 Å². The van der Waals surface area contributed by atoms with Gasteiger partial charge in [-0.1, -0.05) is 13.8 Å². The molecular weight excluding hydrogens is 290 g/mol. The van der Waals surface area contributed by atoms with Crippen LogP contribution in [-0.2, 0) is 18.2 Å². The number of aryl methyl sites for hydroxylation is 2. The Kier molecular flexibility index (Phi) is 8.09. The van der Waals surface area contributed by atoms with Crippen LogP contribution in [0, 0.1) is 19.8 Å². The second-order valence-corrected chi connectivity index (χ2v) is 6.49. The van der Waals surface area contributed by atoms with Gasteiger partial charge in [0.1, 0.15) is 0 Å². The fraction of sp³-hybridized carbons (Fsp3) is 0.765. The van der Waals surface area contributed by atoms with E-state index in [2.05, 4.69) is 55.3 Å². The SMILES string of the molecule is CN=C(NCCOCC(C)C)NC(C)Cc1c(C)nn(C)c1C. The summed E-state index contributed by atoms with van der Waals surface area (Å²) in [5, 5.41) is 11.2. The first-order chi connectivity index (χ1) is 10.8. The van der Waals surface area contributed by atoms with Crippen molar-refractivity contribution in [1.29, 1.82) is 0 Å². The van der Waals surface area contributed by atoms with Crippen LogP contribution >= 0.6 is 0 Å². The Bertz CT molecular complexity index is 507. The molecule has 0 fully saturated rings. The Morgan fingerprint density at radius 3 is 2.52 bits per heavy atom. The molecule has 23 heavy (non-hydrogen) atoms. The quantitative estimate of drug-likeness (QED) is 0.435. The summed E-state index contributed by atoms with van der Waals surface area (Å²) in [6.07, 6.45) is 0.927. The predicted molar refractivity (Wildman–Crippen MR) is 96.0 cm³/mol. The molecule has 2 N–H and O–H groups in total. The molecular formula is C17H33N5O. The van der Waals surface area contributed by atoms with E-state index in [0.29, 0.717) is 12.5 Å². The van der Waals surface area contributed by atoms with Crippen molar-refractivity contribution < 1.29 is 4.74 Å². The lowest BCUT2D eigenvalue weighted by Crippen LogP contribution is -2.44. The number of nitrogens with one attached hydrogen (secondary N) is 2. The lowest BCUT2D eigenvalue weighted by Gasteiger charge is -2.18. The molecule has 0 aliphatic rings. The summed E-state index contributed by atoms with van der Waals surface area (Å²) in [5.74, 6) is 1.38. The highest BCUT2D eigenvalue weighted by molar-refractivity contribution is 5.79. The van der Waals surface area contributed by atoms with Gasteiger partial charge in [-0.2, -0.15) is 5.10 Å². The van der Waals surface area contributed by atoms with Crippen molar-refractivity contribution in [2.45, 2.75) is 47.1 Å². The third-order valence-electron chi connectivity index (χ3n) is 3.77. The normalized spacial score (nSPS) is 13.5. The monoisotopic (exact) mass is 323 g/mol. The van der Waals surface area contributed by atoms with Crippen molar-refractivity contribution >= 4 is 5.96 Å². The molecule has 0 aromatic carbocycles. The molecule has 0 amide bonds. The summed E-state index contributed by atoms with van der Waals surface area (Å²) in [7, 11) is 3.78. The fourth-order valence-corrected chi connectivity index (χ4v) is 2.46. The van der Waals surface area contributed by atoms with Gasteiger partial charge in [0.15, 0.2) is 5.96 Å². The van der Waals surface area contributed by atoms with Crippen molar-refractivity contribution in [1.82, 2.24) is 20.4 Å². The van der Waals surface area contributed by atoms with Crippen molar-refractivity contribution in [3.63, 3.8) is 0 Å². The summed E-state index contributed by atoms with van der Waals surface area (Å²) in [6.45, 7) is 12.9. The van der Waals surface area contributed by atoms with Gasteiger partial charge in [-0.3, -0.25) is 9.67 Å². The van der Waals surface area contributed by atoms with Gasteiger partial charge in [-0.05, 0) is 38.7 Å². The van der Waals surface area contributed by atoms with Gasteiger partial charge in [-0.25, -0.2) is 0 Å². The summed E-state index contributed by atoms with van der Waals surface area (Å²) in [6, 6.07) is 0.277. The molecule has 6 nitrogen and oxygen atoms in total. The third kappa shape index (κ3) is 6.60. The zero-order chi connectivity index (χ0) is 17.4. The number of hydrogen-bond acceptors (Lipinski definition) is 3. The van der Waals surface area contributed by atoms with E-state index in [1.807, 2.05) is 11.7 Å². The first kappa shape index (κ1) is 19.5. The standard InChI is InChI=1S/C17H33N5O/c1-12(2)11-23-9-8-19-17(18-6)20-13(3)10-16-14(4)21-22(7)15(16)5/h12-13H,8-11H2,1-7H3,(H2,18,19,20). The highest BCUT2D eigenvalue weighted by Crippen LogP contribution is 2.13. The second-order valence-electron chi connectivity index (χ2n) is 6.49. The molecule has 1 rings (SSSR count). The highest BCUT2D eigenvalue weighted by Gasteiger charge is 2.13. The maximum absolute atomic E-state index is 5.57. The van der Waals surface area contributed by atoms with Crippen molar-refractivity contribution in [3.05, 3.63) is 17.0 Å². The summed E-state index contributed by atoms with van der Waals surface area (Å²) < 4.78 is 7.51. The van der Waals surface area contributed by atoms with Crippen LogP contribution < -0.4 is 10.6 Å². The lowest BCUT2D eigenvalue weighted by atomic mass is 10.1. The van der Waals surface area contributed by atoms with Crippen molar-refractivity contribution in [2.75, 3.05) is 26.8 Å². The van der Waals surface area contributed by atoms with Crippen LogP contribution in [0.3, 0.4) is 0 Å². The molecule has 1 unspecified atom stereocenters. The molecule has 0 aliphatic carbocycles. The van der Waals surface area contributed by atoms with Gasteiger partial charge < -0.3 is 15.4 Å². The van der Waals surface area contributed by atoms with Gasteiger partial charge >= 0.3 is 0 Å². The van der Waals surface area contributed by atoms with E-state index in [4.69, 9.17) is 4.74 Å². The van der Waals surface area contributed by atoms with Crippen LogP contribution in [0.5, 0.6) is 0 Å². The topological polar surface area (TPSA) is 63.5 Å². The highest BCUT2D eigenvalue weighted by atomic mass is 16.5. The lowest BCUT2D eigenvalue weighted by molar-refractivity contribution is 0.114. The van der Waals surface area contributed by atoms with Crippen molar-refractivity contribution in [3.8, 4) is 0 Å². The second kappa shape index (κ2) is 9.55. The fourth-order valence-electron chi connectivity index (χ4n) is 2.46. The number of aliphatic imine (C=N–C) groups is 1. The van der Waals surface area contributed by atoms with Crippen LogP contribution in [0.25, 0.3) is 0 Å². The van der Waals surface area contributed by atoms with Crippen LogP contribution in [0.4, 0.5) is 0 Å². The maximum Gasteiger partial charge on any atom is 0.191 e. The average molecular weight is 323 g/mol. The Hall–Kier alpha value is -1.56. The minimum atomic E-state index is 0.277. The number of aromatic nitrogens is 2. The van der Waals surface area contributed by atoms with Crippen LogP contribution in [0.2, 0.25) is 0 Å². The number of nitrogens with zero attached hydrogens (tertiary/aromatic N) is 3. The summed E-state index contributed by atoms with van der Waals surface area (Å²) in [5.41, 5.74) is 3.63. The first-order valence-electron chi connectivity index (χ1n) is 8.39. The van der Waals surface area contributed by atoms with E-state index in [0.717, 1.165) is 31.2 Å². The summed E-state index contributed by atoms with van der Waals surface area (Å²) in [4.78, 5) is 4.27. The molecule has 1 aromatic rings. The third-order valence-corrected chi connectivity index (χ3v) is 3.77. The smallest absolute Gasteiger partial charge is 0.191 e. The first-order valence-corrected chi connectivity index (χ1v) is 8.39. The van der Waals surface area contributed by atoms with E-state index in [1.54, 1.807) is 7.05 Å². The molecule has 1 atom stereocenters. The average Bonchev–Trinajstić information content (AvgIpc) is 2.71. The molecule has 0 spiro atoms. The molecule has 0 saturated heterocycles. The molecule has 0 aliphatic heterocycles. The minimum Gasteiger partial charge on any atom is -0.379 e. The van der Waals surface area contributed by atoms with E-state index in [1.165, 1.54) is 11.3 Å². The molecule has 0 radical (unpaired) electrons. The van der Waals surface area contributed by atoms with E-state index in [9.17, 15) is 0 Å². The Labute approximate surface area is 140 Å². The molecule has 1 heterocycles. The zero-order valence-corrected chi connectivity index (χ0v) is 15.7. The Morgan fingerprint density at radius 1 is 1.30 bits per heavy atom. The summed E-state index contributed by atoms with van der Waals surface area (Å²) >= 11 is 0. The zero-order valence-electron chi connectivity index (χ0n) is 15.7. The Morgan fingerprint density at radius 2 is 2.00 bits per heavy atom. The molecule has 0 bridgehead atoms. The largest absolute Gasteiger partial charge is 0.379 e. The minimum absolute atomic E-state index is 0.277. The number of guanidine groups is 1. The number of ether oxygens (including phenoxy) is 1. The maximum atomic E-state index is 5.57. The van der Waals surface area contributed by atoms with Gasteiger partial charge in [0.05, 0.1) is 12.3 Å².